The van der Waals surface area contributed by atoms with Crippen molar-refractivity contribution in [1.82, 2.24) is 5.32 Å². The molecular formula is C65H116N2O7P+. The number of phosphoric acid groups is 1. The molecule has 0 spiro atoms. The lowest BCUT2D eigenvalue weighted by Crippen LogP contribution is -2.47. The van der Waals surface area contributed by atoms with Crippen molar-refractivity contribution in [2.75, 3.05) is 40.9 Å². The zero-order chi connectivity index (χ0) is 55.0. The van der Waals surface area contributed by atoms with Gasteiger partial charge in [-0.05, 0) is 109 Å². The predicted molar refractivity (Wildman–Crippen MR) is 323 cm³/mol. The largest absolute Gasteiger partial charge is 0.472 e. The molecule has 0 fully saturated rings. The van der Waals surface area contributed by atoms with Crippen LogP contribution in [0.5, 0.6) is 0 Å². The summed E-state index contributed by atoms with van der Waals surface area (Å²) in [4.78, 5) is 37.6. The van der Waals surface area contributed by atoms with E-state index in [2.05, 4.69) is 111 Å². The molecule has 0 aromatic carbocycles. The molecule has 0 aliphatic heterocycles. The van der Waals surface area contributed by atoms with Crippen LogP contribution in [0.3, 0.4) is 0 Å². The number of unbranched alkanes of at least 4 members (excludes halogenated alkanes) is 24. The number of carbonyl (C=O) groups excluding carboxylic acids is 2. The molecule has 0 saturated carbocycles. The van der Waals surface area contributed by atoms with Crippen molar-refractivity contribution < 1.29 is 37.3 Å². The molecule has 75 heavy (non-hydrogen) atoms. The lowest BCUT2D eigenvalue weighted by molar-refractivity contribution is -0.870. The van der Waals surface area contributed by atoms with Gasteiger partial charge < -0.3 is 19.4 Å². The number of ether oxygens (including phenoxy) is 1. The van der Waals surface area contributed by atoms with Gasteiger partial charge >= 0.3 is 13.8 Å². The van der Waals surface area contributed by atoms with Crippen molar-refractivity contribution in [3.05, 3.63) is 97.2 Å². The molecule has 10 heteroatoms. The number of hydrogen-bond acceptors (Lipinski definition) is 6. The number of nitrogens with one attached hydrogen (secondary N) is 1. The number of quaternary nitrogens is 1. The fourth-order valence-electron chi connectivity index (χ4n) is 8.29. The summed E-state index contributed by atoms with van der Waals surface area (Å²) in [5, 5.41) is 3.03. The van der Waals surface area contributed by atoms with Crippen molar-refractivity contribution >= 4 is 19.7 Å². The fraction of sp³-hybridized carbons (Fsp3) is 0.723. The van der Waals surface area contributed by atoms with Crippen LogP contribution >= 0.6 is 7.82 Å². The molecule has 9 nitrogen and oxygen atoms in total. The van der Waals surface area contributed by atoms with Gasteiger partial charge in [-0.3, -0.25) is 18.6 Å². The number of nitrogens with zero attached hydrogens (tertiary/aromatic N) is 1. The van der Waals surface area contributed by atoms with Gasteiger partial charge in [-0.25, -0.2) is 4.57 Å². The van der Waals surface area contributed by atoms with E-state index in [1.807, 2.05) is 33.3 Å². The van der Waals surface area contributed by atoms with Crippen molar-refractivity contribution in [2.45, 2.75) is 264 Å². The number of carbonyl (C=O) groups is 2. The summed E-state index contributed by atoms with van der Waals surface area (Å²) in [5.74, 6) is -0.556. The minimum absolute atomic E-state index is 0.0290. The van der Waals surface area contributed by atoms with E-state index in [0.717, 1.165) is 116 Å². The van der Waals surface area contributed by atoms with E-state index in [1.165, 1.54) is 96.3 Å². The van der Waals surface area contributed by atoms with Gasteiger partial charge in [0.05, 0.1) is 33.8 Å². The quantitative estimate of drug-likeness (QED) is 0.0205. The van der Waals surface area contributed by atoms with Gasteiger partial charge in [0.1, 0.15) is 19.3 Å². The third-order valence-corrected chi connectivity index (χ3v) is 14.0. The molecule has 0 aliphatic rings. The number of amides is 1. The zero-order valence-electron chi connectivity index (χ0n) is 49.3. The Morgan fingerprint density at radius 3 is 1.31 bits per heavy atom. The van der Waals surface area contributed by atoms with Crippen molar-refractivity contribution in [1.29, 1.82) is 0 Å². The van der Waals surface area contributed by atoms with E-state index >= 15 is 0 Å². The second-order valence-corrected chi connectivity index (χ2v) is 22.9. The number of hydrogen-bond donors (Lipinski definition) is 2. The topological polar surface area (TPSA) is 111 Å². The predicted octanol–water partition coefficient (Wildman–Crippen LogP) is 18.8. The minimum atomic E-state index is -4.46. The first kappa shape index (κ1) is 71.9. The first-order chi connectivity index (χ1) is 36.4. The highest BCUT2D eigenvalue weighted by Gasteiger charge is 2.30. The summed E-state index contributed by atoms with van der Waals surface area (Å²) in [7, 11) is 1.46. The first-order valence-corrected chi connectivity index (χ1v) is 32.1. The van der Waals surface area contributed by atoms with Gasteiger partial charge in [-0.15, -0.1) is 0 Å². The van der Waals surface area contributed by atoms with Gasteiger partial charge in [0.2, 0.25) is 5.91 Å². The number of likely N-dealkylation sites (N-methyl/N-ethyl adjacent to an activating group) is 1. The molecule has 0 rings (SSSR count). The molecule has 3 atom stereocenters. The Labute approximate surface area is 462 Å². The summed E-state index contributed by atoms with van der Waals surface area (Å²) in [5.41, 5.74) is 0. The summed E-state index contributed by atoms with van der Waals surface area (Å²) in [6.07, 6.45) is 72.6. The van der Waals surface area contributed by atoms with Crippen LogP contribution in [0.2, 0.25) is 0 Å². The lowest BCUT2D eigenvalue weighted by atomic mass is 10.1. The molecule has 2 N–H and O–H groups in total. The molecule has 0 saturated heterocycles. The minimum Gasteiger partial charge on any atom is -0.456 e. The number of phosphoric ester groups is 1. The summed E-state index contributed by atoms with van der Waals surface area (Å²) < 4.78 is 30.6. The molecule has 3 unspecified atom stereocenters. The molecule has 432 valence electrons. The van der Waals surface area contributed by atoms with Crippen LogP contribution in [0.1, 0.15) is 252 Å². The lowest BCUT2D eigenvalue weighted by Gasteiger charge is -2.27. The highest BCUT2D eigenvalue weighted by molar-refractivity contribution is 7.47. The number of esters is 1. The van der Waals surface area contributed by atoms with E-state index in [1.54, 1.807) is 0 Å². The standard InChI is InChI=1S/C65H115N2O7P/c1-7-10-13-16-19-22-25-28-30-31-32-33-34-35-36-37-38-40-43-46-49-52-55-58-65(69)74-63(56-53-50-47-44-41-27-24-21-18-15-12-9-3)62(61-73-75(70,71)72-60-59-67(4,5)6)66-64(68)57-54-51-48-45-42-39-29-26-23-20-17-14-11-8-2/h10,13,19,22,28,30,32-33,35-36,38-40,42,53,56,62-63H,7-9,11-12,14-18,20-21,23-27,29,31,34,37,41,43-52,54-55,57-61H2,1-6H3,(H-,66,68,70,71)/p+1/b13-10-,22-19-,30-28-,33-32-,36-35-,40-38-,42-39-,56-53-. The molecule has 0 aromatic heterocycles. The Bertz CT molecular complexity index is 1610. The summed E-state index contributed by atoms with van der Waals surface area (Å²) in [6, 6.07) is -0.871. The normalized spacial score (nSPS) is 14.4. The molecular weight excluding hydrogens is 952 g/mol. The first-order valence-electron chi connectivity index (χ1n) is 30.6. The zero-order valence-corrected chi connectivity index (χ0v) is 50.2. The van der Waals surface area contributed by atoms with Gasteiger partial charge in [0.15, 0.2) is 0 Å². The van der Waals surface area contributed by atoms with E-state index in [0.29, 0.717) is 23.9 Å². The number of allylic oxidation sites excluding steroid dienone is 15. The van der Waals surface area contributed by atoms with Crippen LogP contribution in [0.15, 0.2) is 97.2 Å². The van der Waals surface area contributed by atoms with Crippen LogP contribution in [0.25, 0.3) is 0 Å². The average Bonchev–Trinajstić information content (AvgIpc) is 3.37. The average molecular weight is 1070 g/mol. The molecule has 1 amide bonds. The Hall–Kier alpha value is -3.07. The van der Waals surface area contributed by atoms with E-state index < -0.39 is 20.0 Å². The van der Waals surface area contributed by atoms with Crippen LogP contribution in [0, 0.1) is 0 Å². The van der Waals surface area contributed by atoms with Crippen molar-refractivity contribution in [3.8, 4) is 0 Å². The Morgan fingerprint density at radius 2 is 0.853 bits per heavy atom. The Morgan fingerprint density at radius 1 is 0.480 bits per heavy atom. The third kappa shape index (κ3) is 55.5. The highest BCUT2D eigenvalue weighted by Crippen LogP contribution is 2.43. The Kier molecular flexibility index (Phi) is 52.1. The van der Waals surface area contributed by atoms with Gasteiger partial charge in [0, 0.05) is 12.8 Å². The van der Waals surface area contributed by atoms with E-state index in [9.17, 15) is 19.0 Å². The molecule has 0 radical (unpaired) electrons. The SMILES string of the molecule is CC/C=C\C/C=C\C/C=C\C/C=C\C/C=C\C/C=C\CCCCCCC(=O)OC(/C=C\CCCCCCCCCCCC)C(COP(=O)(O)OCC[N+](C)(C)C)NC(=O)CCCCC/C=C\CCCCCCCCC. The van der Waals surface area contributed by atoms with Gasteiger partial charge in [-0.2, -0.15) is 0 Å². The maximum Gasteiger partial charge on any atom is 0.472 e. The van der Waals surface area contributed by atoms with Crippen LogP contribution in [-0.4, -0.2) is 74.3 Å². The van der Waals surface area contributed by atoms with E-state index in [-0.39, 0.29) is 31.5 Å². The van der Waals surface area contributed by atoms with E-state index in [4.69, 9.17) is 13.8 Å². The van der Waals surface area contributed by atoms with Crippen LogP contribution in [0.4, 0.5) is 0 Å². The maximum atomic E-state index is 13.5. The second-order valence-electron chi connectivity index (χ2n) is 21.5. The molecule has 0 heterocycles. The van der Waals surface area contributed by atoms with Crippen LogP contribution in [-0.2, 0) is 27.9 Å². The molecule has 0 bridgehead atoms. The van der Waals surface area contributed by atoms with Crippen LogP contribution < -0.4 is 5.32 Å². The number of rotatable bonds is 54. The monoisotopic (exact) mass is 1070 g/mol. The fourth-order valence-corrected chi connectivity index (χ4v) is 9.03. The van der Waals surface area contributed by atoms with Crippen molar-refractivity contribution in [2.24, 2.45) is 0 Å². The maximum absolute atomic E-state index is 13.5. The third-order valence-electron chi connectivity index (χ3n) is 13.0. The highest BCUT2D eigenvalue weighted by atomic mass is 31.2. The molecule has 0 aliphatic carbocycles. The van der Waals surface area contributed by atoms with Crippen molar-refractivity contribution in [3.63, 3.8) is 0 Å². The summed E-state index contributed by atoms with van der Waals surface area (Å²) in [6.45, 7) is 6.85. The van der Waals surface area contributed by atoms with Gasteiger partial charge in [-0.1, -0.05) is 227 Å². The second kappa shape index (κ2) is 54.3. The Balaban J connectivity index is 5.32. The smallest absolute Gasteiger partial charge is 0.456 e. The molecule has 0 aromatic rings. The summed E-state index contributed by atoms with van der Waals surface area (Å²) >= 11 is 0. The van der Waals surface area contributed by atoms with Gasteiger partial charge in [0.25, 0.3) is 0 Å².